The highest BCUT2D eigenvalue weighted by molar-refractivity contribution is 5.95. The van der Waals surface area contributed by atoms with Crippen molar-refractivity contribution in [2.75, 3.05) is 19.6 Å². The Bertz CT molecular complexity index is 886. The molecular formula is C24H32N4O5. The number of benzene rings is 1. The van der Waals surface area contributed by atoms with Crippen LogP contribution >= 0.6 is 0 Å². The minimum Gasteiger partial charge on any atom is -0.480 e. The molecule has 0 saturated carbocycles. The van der Waals surface area contributed by atoms with Crippen LogP contribution in [0.15, 0.2) is 30.3 Å². The molecule has 0 aliphatic carbocycles. The van der Waals surface area contributed by atoms with Gasteiger partial charge in [0.15, 0.2) is 0 Å². The zero-order valence-corrected chi connectivity index (χ0v) is 18.7. The van der Waals surface area contributed by atoms with Crippen LogP contribution in [0.2, 0.25) is 0 Å². The van der Waals surface area contributed by atoms with Gasteiger partial charge in [-0.1, -0.05) is 30.3 Å². The molecule has 3 aliphatic rings. The highest BCUT2D eigenvalue weighted by Gasteiger charge is 2.44. The smallest absolute Gasteiger partial charge is 0.326 e. The fourth-order valence-corrected chi connectivity index (χ4v) is 5.19. The molecule has 0 unspecified atom stereocenters. The zero-order valence-electron chi connectivity index (χ0n) is 18.7. The minimum atomic E-state index is -1.11. The van der Waals surface area contributed by atoms with E-state index in [1.165, 1.54) is 0 Å². The molecule has 9 nitrogen and oxygen atoms in total. The number of hydrogen-bond acceptors (Lipinski definition) is 5. The molecule has 3 aliphatic heterocycles. The van der Waals surface area contributed by atoms with E-state index >= 15 is 0 Å². The lowest BCUT2D eigenvalue weighted by atomic mass is 10.1. The summed E-state index contributed by atoms with van der Waals surface area (Å²) in [6.45, 7) is 1.80. The van der Waals surface area contributed by atoms with Crippen molar-refractivity contribution in [1.29, 1.82) is 0 Å². The molecule has 0 bridgehead atoms. The topological polar surface area (TPSA) is 119 Å². The van der Waals surface area contributed by atoms with Crippen LogP contribution in [0.5, 0.6) is 0 Å². The number of nitrogens with zero attached hydrogens (tertiary/aromatic N) is 2. The average Bonchev–Trinajstić information content (AvgIpc) is 3.59. The summed E-state index contributed by atoms with van der Waals surface area (Å²) in [5, 5.41) is 15.5. The van der Waals surface area contributed by atoms with Gasteiger partial charge in [-0.15, -0.1) is 0 Å². The van der Waals surface area contributed by atoms with Crippen LogP contribution in [0.4, 0.5) is 0 Å². The molecule has 0 radical (unpaired) electrons. The van der Waals surface area contributed by atoms with Crippen molar-refractivity contribution >= 4 is 23.7 Å². The number of carboxylic acid groups (broad SMARTS) is 1. The first-order chi connectivity index (χ1) is 16.0. The van der Waals surface area contributed by atoms with E-state index in [1.807, 2.05) is 30.3 Å². The molecular weight excluding hydrogens is 424 g/mol. The Labute approximate surface area is 193 Å². The van der Waals surface area contributed by atoms with Gasteiger partial charge in [-0.2, -0.15) is 0 Å². The van der Waals surface area contributed by atoms with E-state index in [-0.39, 0.29) is 24.3 Å². The molecule has 33 heavy (non-hydrogen) atoms. The number of nitrogens with one attached hydrogen (secondary N) is 2. The third-order valence-electron chi connectivity index (χ3n) is 6.92. The van der Waals surface area contributed by atoms with Gasteiger partial charge in [0.05, 0.1) is 6.04 Å². The monoisotopic (exact) mass is 456 g/mol. The molecule has 0 aromatic heterocycles. The summed E-state index contributed by atoms with van der Waals surface area (Å²) in [6, 6.07) is 6.56. The Hall–Kier alpha value is -2.94. The van der Waals surface area contributed by atoms with E-state index in [4.69, 9.17) is 0 Å². The molecule has 3 saturated heterocycles. The zero-order chi connectivity index (χ0) is 23.4. The van der Waals surface area contributed by atoms with Crippen LogP contribution in [0.3, 0.4) is 0 Å². The molecule has 3 fully saturated rings. The quantitative estimate of drug-likeness (QED) is 0.551. The van der Waals surface area contributed by atoms with Gasteiger partial charge in [-0.05, 0) is 50.6 Å². The number of aliphatic carboxylic acids is 1. The maximum absolute atomic E-state index is 13.4. The van der Waals surface area contributed by atoms with E-state index in [2.05, 4.69) is 10.6 Å². The summed E-state index contributed by atoms with van der Waals surface area (Å²) in [6.07, 6.45) is 4.41. The normalized spacial score (nSPS) is 25.8. The Morgan fingerprint density at radius 1 is 0.939 bits per heavy atom. The number of likely N-dealkylation sites (tertiary alicyclic amines) is 2. The highest BCUT2D eigenvalue weighted by atomic mass is 16.4. The van der Waals surface area contributed by atoms with Gasteiger partial charge in [0, 0.05) is 19.5 Å². The summed E-state index contributed by atoms with van der Waals surface area (Å²) in [4.78, 5) is 54.4. The number of carbonyl (C=O) groups is 4. The molecule has 0 spiro atoms. The van der Waals surface area contributed by atoms with Crippen molar-refractivity contribution in [2.24, 2.45) is 0 Å². The van der Waals surface area contributed by atoms with Gasteiger partial charge in [0.1, 0.15) is 18.1 Å². The van der Waals surface area contributed by atoms with Crippen LogP contribution in [-0.4, -0.2) is 82.4 Å². The van der Waals surface area contributed by atoms with Crippen LogP contribution in [0.1, 0.15) is 44.1 Å². The minimum absolute atomic E-state index is 0.0302. The van der Waals surface area contributed by atoms with Crippen LogP contribution in [0, 0.1) is 0 Å². The van der Waals surface area contributed by atoms with Crippen molar-refractivity contribution in [3.05, 3.63) is 35.9 Å². The Balaban J connectivity index is 1.41. The molecule has 4 atom stereocenters. The molecule has 178 valence electrons. The fourth-order valence-electron chi connectivity index (χ4n) is 5.19. The lowest BCUT2D eigenvalue weighted by Gasteiger charge is -2.32. The Kier molecular flexibility index (Phi) is 7.27. The van der Waals surface area contributed by atoms with Crippen molar-refractivity contribution in [2.45, 2.75) is 69.1 Å². The van der Waals surface area contributed by atoms with E-state index in [0.29, 0.717) is 32.4 Å². The Morgan fingerprint density at radius 2 is 1.61 bits per heavy atom. The standard InChI is InChI=1S/C24H32N4O5/c29-21(26-18(24(32)33)15-16-7-2-1-3-8-16)19-10-5-13-27(19)23(31)20-11-6-14-28(20)22(30)17-9-4-12-25-17/h1-3,7-8,17-20,25H,4-6,9-15H2,(H,26,29)(H,32,33)/t17-,18-,19-,20-/m0/s1. The molecule has 1 aromatic rings. The summed E-state index contributed by atoms with van der Waals surface area (Å²) < 4.78 is 0. The second-order valence-electron chi connectivity index (χ2n) is 9.12. The third-order valence-corrected chi connectivity index (χ3v) is 6.92. The second kappa shape index (κ2) is 10.3. The number of hydrogen-bond donors (Lipinski definition) is 3. The summed E-state index contributed by atoms with van der Waals surface area (Å²) in [5.74, 6) is -1.79. The number of rotatable bonds is 7. The number of carbonyl (C=O) groups excluding carboxylic acids is 3. The first-order valence-corrected chi connectivity index (χ1v) is 11.9. The predicted molar refractivity (Wildman–Crippen MR) is 120 cm³/mol. The second-order valence-corrected chi connectivity index (χ2v) is 9.12. The highest BCUT2D eigenvalue weighted by Crippen LogP contribution is 2.26. The van der Waals surface area contributed by atoms with E-state index in [0.717, 1.165) is 31.4 Å². The van der Waals surface area contributed by atoms with E-state index in [1.54, 1.807) is 9.80 Å². The van der Waals surface area contributed by atoms with Crippen LogP contribution in [0.25, 0.3) is 0 Å². The van der Waals surface area contributed by atoms with Crippen molar-refractivity contribution in [3.63, 3.8) is 0 Å². The van der Waals surface area contributed by atoms with E-state index < -0.39 is 30.0 Å². The predicted octanol–water partition coefficient (Wildman–Crippen LogP) is 0.533. The molecule has 3 heterocycles. The van der Waals surface area contributed by atoms with Gasteiger partial charge in [-0.25, -0.2) is 4.79 Å². The number of carboxylic acids is 1. The van der Waals surface area contributed by atoms with Gasteiger partial charge in [0.25, 0.3) is 0 Å². The molecule has 4 rings (SSSR count). The van der Waals surface area contributed by atoms with Crippen LogP contribution in [-0.2, 0) is 25.6 Å². The first kappa shape index (κ1) is 23.2. The van der Waals surface area contributed by atoms with Crippen molar-refractivity contribution in [3.8, 4) is 0 Å². The summed E-state index contributed by atoms with van der Waals surface area (Å²) in [5.41, 5.74) is 0.810. The lowest BCUT2D eigenvalue weighted by Crippen LogP contribution is -2.56. The molecule has 3 amide bonds. The van der Waals surface area contributed by atoms with Crippen molar-refractivity contribution in [1.82, 2.24) is 20.4 Å². The first-order valence-electron chi connectivity index (χ1n) is 11.9. The SMILES string of the molecule is O=C(O)[C@H](Cc1ccccc1)NC(=O)[C@@H]1CCCN1C(=O)[C@@H]1CCCN1C(=O)[C@@H]1CCCN1. The van der Waals surface area contributed by atoms with Gasteiger partial charge in [-0.3, -0.25) is 14.4 Å². The van der Waals surface area contributed by atoms with Gasteiger partial charge in [0.2, 0.25) is 17.7 Å². The summed E-state index contributed by atoms with van der Waals surface area (Å²) in [7, 11) is 0. The number of amides is 3. The third kappa shape index (κ3) is 5.19. The molecule has 9 heteroatoms. The fraction of sp³-hybridized carbons (Fsp3) is 0.583. The van der Waals surface area contributed by atoms with Gasteiger partial charge < -0.3 is 25.5 Å². The molecule has 1 aromatic carbocycles. The van der Waals surface area contributed by atoms with Crippen LogP contribution < -0.4 is 10.6 Å². The van der Waals surface area contributed by atoms with E-state index in [9.17, 15) is 24.3 Å². The molecule has 3 N–H and O–H groups in total. The average molecular weight is 457 g/mol. The maximum atomic E-state index is 13.4. The largest absolute Gasteiger partial charge is 0.480 e. The summed E-state index contributed by atoms with van der Waals surface area (Å²) >= 11 is 0. The van der Waals surface area contributed by atoms with Gasteiger partial charge >= 0.3 is 5.97 Å². The van der Waals surface area contributed by atoms with Crippen molar-refractivity contribution < 1.29 is 24.3 Å². The lowest BCUT2D eigenvalue weighted by molar-refractivity contribution is -0.148. The Morgan fingerprint density at radius 3 is 2.24 bits per heavy atom. The maximum Gasteiger partial charge on any atom is 0.326 e.